The molecule has 1 aromatic rings. The summed E-state index contributed by atoms with van der Waals surface area (Å²) < 4.78 is 5.60. The van der Waals surface area contributed by atoms with Gasteiger partial charge in [-0.1, -0.05) is 6.07 Å². The fourth-order valence-electron chi connectivity index (χ4n) is 1.47. The van der Waals surface area contributed by atoms with E-state index in [9.17, 15) is 4.79 Å². The van der Waals surface area contributed by atoms with E-state index in [4.69, 9.17) is 9.84 Å². The first-order valence-corrected chi connectivity index (χ1v) is 6.17. The van der Waals surface area contributed by atoms with Crippen molar-refractivity contribution in [3.63, 3.8) is 0 Å². The Bertz CT molecular complexity index is 404. The van der Waals surface area contributed by atoms with Gasteiger partial charge in [-0.3, -0.25) is 4.79 Å². The molecule has 0 aromatic heterocycles. The van der Waals surface area contributed by atoms with Gasteiger partial charge >= 0.3 is 5.97 Å². The van der Waals surface area contributed by atoms with Crippen LogP contribution in [-0.2, 0) is 4.79 Å². The molecule has 2 N–H and O–H groups in total. The molecule has 1 rings (SSSR count). The third kappa shape index (κ3) is 4.75. The summed E-state index contributed by atoms with van der Waals surface area (Å²) in [6.45, 7) is 6.97. The quantitative estimate of drug-likeness (QED) is 0.729. The van der Waals surface area contributed by atoms with E-state index in [1.54, 1.807) is 6.92 Å². The van der Waals surface area contributed by atoms with Gasteiger partial charge in [-0.05, 0) is 57.0 Å². The maximum Gasteiger partial charge on any atom is 0.320 e. The van der Waals surface area contributed by atoms with Crippen LogP contribution in [0.15, 0.2) is 18.2 Å². The molecule has 1 aromatic carbocycles. The van der Waals surface area contributed by atoms with Crippen LogP contribution in [0.4, 0.5) is 0 Å². The average molecular weight is 251 g/mol. The molecule has 0 saturated heterocycles. The average Bonchev–Trinajstić information content (AvgIpc) is 2.32. The van der Waals surface area contributed by atoms with Gasteiger partial charge in [0, 0.05) is 0 Å². The fourth-order valence-corrected chi connectivity index (χ4v) is 1.47. The largest absolute Gasteiger partial charge is 0.494 e. The maximum absolute atomic E-state index is 10.6. The van der Waals surface area contributed by atoms with Crippen molar-refractivity contribution in [1.82, 2.24) is 5.32 Å². The van der Waals surface area contributed by atoms with Gasteiger partial charge in [-0.25, -0.2) is 0 Å². The predicted molar refractivity (Wildman–Crippen MR) is 71.1 cm³/mol. The van der Waals surface area contributed by atoms with Gasteiger partial charge in [0.2, 0.25) is 0 Å². The topological polar surface area (TPSA) is 58.6 Å². The Morgan fingerprint density at radius 3 is 2.72 bits per heavy atom. The Morgan fingerprint density at radius 2 is 2.11 bits per heavy atom. The van der Waals surface area contributed by atoms with Crippen molar-refractivity contribution < 1.29 is 14.6 Å². The minimum atomic E-state index is -0.829. The molecule has 4 nitrogen and oxygen atoms in total. The molecule has 0 fully saturated rings. The minimum absolute atomic E-state index is 0.508. The molecule has 0 aliphatic carbocycles. The highest BCUT2D eigenvalue weighted by atomic mass is 16.5. The number of nitrogens with one attached hydrogen (secondary N) is 1. The smallest absolute Gasteiger partial charge is 0.320 e. The van der Waals surface area contributed by atoms with E-state index in [-0.39, 0.29) is 0 Å². The molecule has 0 bridgehead atoms. The van der Waals surface area contributed by atoms with Crippen LogP contribution in [0.3, 0.4) is 0 Å². The highest BCUT2D eigenvalue weighted by Crippen LogP contribution is 2.16. The maximum atomic E-state index is 10.6. The zero-order valence-corrected chi connectivity index (χ0v) is 11.2. The Hall–Kier alpha value is -1.55. The highest BCUT2D eigenvalue weighted by molar-refractivity contribution is 5.72. The molecule has 0 heterocycles. The highest BCUT2D eigenvalue weighted by Gasteiger charge is 2.08. The first-order valence-electron chi connectivity index (χ1n) is 6.17. The summed E-state index contributed by atoms with van der Waals surface area (Å²) in [5.41, 5.74) is 2.46. The molecule has 0 aliphatic heterocycles. The Morgan fingerprint density at radius 1 is 1.39 bits per heavy atom. The summed E-state index contributed by atoms with van der Waals surface area (Å²) in [4.78, 5) is 10.6. The molecule has 0 unspecified atom stereocenters. The Labute approximate surface area is 108 Å². The summed E-state index contributed by atoms with van der Waals surface area (Å²) in [7, 11) is 0. The third-order valence-corrected chi connectivity index (χ3v) is 2.89. The molecular weight excluding hydrogens is 230 g/mol. The number of rotatable bonds is 7. The van der Waals surface area contributed by atoms with Crippen molar-refractivity contribution >= 4 is 5.97 Å². The number of ether oxygens (including phenoxy) is 1. The number of carbonyl (C=O) groups is 1. The normalized spacial score (nSPS) is 12.2. The molecule has 0 saturated carbocycles. The fraction of sp³-hybridized carbons (Fsp3) is 0.500. The summed E-state index contributed by atoms with van der Waals surface area (Å²) in [6.07, 6.45) is 0.782. The summed E-state index contributed by atoms with van der Waals surface area (Å²) in [5, 5.41) is 11.6. The van der Waals surface area contributed by atoms with E-state index in [0.717, 1.165) is 12.2 Å². The van der Waals surface area contributed by atoms with E-state index in [0.29, 0.717) is 13.2 Å². The summed E-state index contributed by atoms with van der Waals surface area (Å²) >= 11 is 0. The van der Waals surface area contributed by atoms with E-state index < -0.39 is 12.0 Å². The van der Waals surface area contributed by atoms with Gasteiger partial charge in [0.1, 0.15) is 11.8 Å². The molecule has 0 radical (unpaired) electrons. The van der Waals surface area contributed by atoms with Crippen LogP contribution in [0.2, 0.25) is 0 Å². The lowest BCUT2D eigenvalue weighted by molar-refractivity contribution is -0.139. The lowest BCUT2D eigenvalue weighted by atomic mass is 10.1. The van der Waals surface area contributed by atoms with Crippen LogP contribution in [0.25, 0.3) is 0 Å². The molecular formula is C14H21NO3. The van der Waals surface area contributed by atoms with Gasteiger partial charge in [0.25, 0.3) is 0 Å². The van der Waals surface area contributed by atoms with Crippen LogP contribution in [-0.4, -0.2) is 30.3 Å². The second-order valence-corrected chi connectivity index (χ2v) is 4.46. The Kier molecular flexibility index (Phi) is 5.65. The van der Waals surface area contributed by atoms with Crippen molar-refractivity contribution in [2.24, 2.45) is 0 Å². The van der Waals surface area contributed by atoms with Crippen LogP contribution < -0.4 is 10.1 Å². The van der Waals surface area contributed by atoms with Crippen molar-refractivity contribution in [3.8, 4) is 5.75 Å². The number of benzene rings is 1. The molecule has 100 valence electrons. The van der Waals surface area contributed by atoms with E-state index in [1.807, 2.05) is 18.2 Å². The van der Waals surface area contributed by atoms with Crippen molar-refractivity contribution in [2.75, 3.05) is 13.2 Å². The van der Waals surface area contributed by atoms with Crippen molar-refractivity contribution in [1.29, 1.82) is 0 Å². The number of carboxylic acid groups (broad SMARTS) is 1. The van der Waals surface area contributed by atoms with E-state index >= 15 is 0 Å². The zero-order valence-electron chi connectivity index (χ0n) is 11.2. The lowest BCUT2D eigenvalue weighted by Crippen LogP contribution is -2.34. The number of hydrogen-bond donors (Lipinski definition) is 2. The van der Waals surface area contributed by atoms with Gasteiger partial charge in [0.05, 0.1) is 6.61 Å². The molecule has 4 heteroatoms. The van der Waals surface area contributed by atoms with Crippen LogP contribution >= 0.6 is 0 Å². The first-order chi connectivity index (χ1) is 8.50. The lowest BCUT2D eigenvalue weighted by Gasteiger charge is -2.10. The first kappa shape index (κ1) is 14.5. The van der Waals surface area contributed by atoms with Crippen molar-refractivity contribution in [3.05, 3.63) is 29.3 Å². The monoisotopic (exact) mass is 251 g/mol. The number of aliphatic carboxylic acids is 1. The van der Waals surface area contributed by atoms with Gasteiger partial charge in [-0.2, -0.15) is 0 Å². The number of aryl methyl sites for hydroxylation is 2. The molecule has 18 heavy (non-hydrogen) atoms. The molecule has 0 amide bonds. The SMILES string of the molecule is Cc1ccc(OCCCN[C@@H](C)C(=O)O)cc1C. The van der Waals surface area contributed by atoms with Gasteiger partial charge in [-0.15, -0.1) is 0 Å². The second kappa shape index (κ2) is 7.01. The Balaban J connectivity index is 2.22. The number of hydrogen-bond acceptors (Lipinski definition) is 3. The van der Waals surface area contributed by atoms with E-state index in [2.05, 4.69) is 19.2 Å². The van der Waals surface area contributed by atoms with Crippen molar-refractivity contribution in [2.45, 2.75) is 33.2 Å². The predicted octanol–water partition coefficient (Wildman–Crippen LogP) is 2.14. The third-order valence-electron chi connectivity index (χ3n) is 2.89. The van der Waals surface area contributed by atoms with Crippen LogP contribution in [0.5, 0.6) is 5.75 Å². The molecule has 0 spiro atoms. The summed E-state index contributed by atoms with van der Waals surface area (Å²) in [6, 6.07) is 5.50. The van der Waals surface area contributed by atoms with Gasteiger partial charge < -0.3 is 15.2 Å². The molecule has 0 aliphatic rings. The summed E-state index contributed by atoms with van der Waals surface area (Å²) in [5.74, 6) is 0.0365. The zero-order chi connectivity index (χ0) is 13.5. The van der Waals surface area contributed by atoms with Crippen LogP contribution in [0, 0.1) is 13.8 Å². The minimum Gasteiger partial charge on any atom is -0.494 e. The second-order valence-electron chi connectivity index (χ2n) is 4.46. The van der Waals surface area contributed by atoms with E-state index in [1.165, 1.54) is 11.1 Å². The number of carboxylic acids is 1. The van der Waals surface area contributed by atoms with Crippen LogP contribution in [0.1, 0.15) is 24.5 Å². The molecule has 1 atom stereocenters. The standard InChI is InChI=1S/C14H21NO3/c1-10-5-6-13(9-11(10)2)18-8-4-7-15-12(3)14(16)17/h5-6,9,12,15H,4,7-8H2,1-3H3,(H,16,17)/t12-/m0/s1. The van der Waals surface area contributed by atoms with Gasteiger partial charge in [0.15, 0.2) is 0 Å².